The predicted octanol–water partition coefficient (Wildman–Crippen LogP) is 8.83. The third kappa shape index (κ3) is 13.4. The molecule has 1 unspecified atom stereocenters. The molecule has 0 aliphatic rings. The van der Waals surface area contributed by atoms with E-state index in [0.29, 0.717) is 6.04 Å². The molecule has 0 aromatic heterocycles. The summed E-state index contributed by atoms with van der Waals surface area (Å²) in [4.78, 5) is 5.87. The molecule has 2 nitrogen and oxygen atoms in total. The fourth-order valence-electron chi connectivity index (χ4n) is 4.03. The highest BCUT2D eigenvalue weighted by atomic mass is 16.6. The minimum absolute atomic E-state index is 0.401. The summed E-state index contributed by atoms with van der Waals surface area (Å²) < 4.78 is 0. The lowest BCUT2D eigenvalue weighted by Crippen LogP contribution is -2.32. The van der Waals surface area contributed by atoms with Crippen LogP contribution in [0.3, 0.4) is 0 Å². The Balaban J connectivity index is 1.62. The highest BCUT2D eigenvalue weighted by Gasteiger charge is 2.09. The Labute approximate surface area is 197 Å². The largest absolute Gasteiger partial charge is 0.408 e. The molecule has 1 N–H and O–H groups in total. The lowest BCUT2D eigenvalue weighted by atomic mass is 10.0. The molecule has 2 heteroatoms. The van der Waals surface area contributed by atoms with Crippen molar-refractivity contribution in [1.29, 1.82) is 0 Å². The highest BCUT2D eigenvalue weighted by molar-refractivity contribution is 5.20. The van der Waals surface area contributed by atoms with Gasteiger partial charge in [0.05, 0.1) is 0 Å². The number of hydroxylamine groups is 1. The minimum atomic E-state index is 0.401. The average molecular weight is 436 g/mol. The summed E-state index contributed by atoms with van der Waals surface area (Å²) in [6, 6.07) is 21.3. The van der Waals surface area contributed by atoms with Gasteiger partial charge < -0.3 is 4.84 Å². The fourth-order valence-corrected chi connectivity index (χ4v) is 4.03. The summed E-state index contributed by atoms with van der Waals surface area (Å²) in [6.45, 7) is 2.28. The number of para-hydroxylation sites is 1. The van der Waals surface area contributed by atoms with Crippen LogP contribution in [0, 0.1) is 0 Å². The Morgan fingerprint density at radius 2 is 1.31 bits per heavy atom. The van der Waals surface area contributed by atoms with Gasteiger partial charge in [0.1, 0.15) is 5.75 Å². The van der Waals surface area contributed by atoms with E-state index in [2.05, 4.69) is 54.9 Å². The van der Waals surface area contributed by atoms with Crippen molar-refractivity contribution >= 4 is 0 Å². The summed E-state index contributed by atoms with van der Waals surface area (Å²) in [6.07, 6.45) is 22.6. The second-order valence-electron chi connectivity index (χ2n) is 8.92. The first-order valence-electron chi connectivity index (χ1n) is 13.0. The molecule has 0 amide bonds. The van der Waals surface area contributed by atoms with Crippen LogP contribution in [0.4, 0.5) is 0 Å². The van der Waals surface area contributed by atoms with Gasteiger partial charge in [-0.15, -0.1) is 0 Å². The summed E-state index contributed by atoms with van der Waals surface area (Å²) in [5.41, 5.74) is 4.78. The van der Waals surface area contributed by atoms with E-state index in [1.54, 1.807) is 0 Å². The van der Waals surface area contributed by atoms with E-state index in [1.165, 1.54) is 76.2 Å². The molecular formula is C30H45NO. The molecule has 1 atom stereocenters. The van der Waals surface area contributed by atoms with E-state index in [9.17, 15) is 0 Å². The van der Waals surface area contributed by atoms with Crippen LogP contribution in [0.1, 0.15) is 96.0 Å². The van der Waals surface area contributed by atoms with Gasteiger partial charge >= 0.3 is 0 Å². The topological polar surface area (TPSA) is 21.3 Å². The second kappa shape index (κ2) is 18.5. The van der Waals surface area contributed by atoms with Crippen molar-refractivity contribution in [2.45, 2.75) is 103 Å². The molecule has 0 heterocycles. The van der Waals surface area contributed by atoms with E-state index in [4.69, 9.17) is 4.84 Å². The SMILES string of the molecule is CCCCCCCC/C=C\CCCC(CCCCc1ccccc1)NOc1ccccc1. The second-order valence-corrected chi connectivity index (χ2v) is 8.92. The molecule has 2 aromatic rings. The van der Waals surface area contributed by atoms with Gasteiger partial charge in [-0.2, -0.15) is 5.48 Å². The van der Waals surface area contributed by atoms with Crippen molar-refractivity contribution in [3.8, 4) is 5.75 Å². The summed E-state index contributed by atoms with van der Waals surface area (Å²) in [5.74, 6) is 0.889. The van der Waals surface area contributed by atoms with Crippen molar-refractivity contribution in [3.63, 3.8) is 0 Å². The number of aryl methyl sites for hydroxylation is 1. The Hall–Kier alpha value is -2.06. The van der Waals surface area contributed by atoms with Crippen LogP contribution >= 0.6 is 0 Å². The van der Waals surface area contributed by atoms with Gasteiger partial charge in [0, 0.05) is 6.04 Å². The Bertz CT molecular complexity index is 682. The Morgan fingerprint density at radius 1 is 0.688 bits per heavy atom. The Morgan fingerprint density at radius 3 is 2.06 bits per heavy atom. The molecule has 176 valence electrons. The van der Waals surface area contributed by atoms with E-state index in [-0.39, 0.29) is 0 Å². The standard InChI is InChI=1S/C30H45NO/c1-2-3-4-5-6-7-8-9-10-11-16-24-29(31-32-30-26-17-13-18-27-30)25-20-19-23-28-21-14-12-15-22-28/h9-10,12-15,17-18,21-22,26-27,29,31H,2-8,11,16,19-20,23-25H2,1H3/b10-9-. The number of hydrogen-bond donors (Lipinski definition) is 1. The molecule has 0 aliphatic carbocycles. The first-order valence-corrected chi connectivity index (χ1v) is 13.0. The van der Waals surface area contributed by atoms with Crippen LogP contribution < -0.4 is 10.3 Å². The van der Waals surface area contributed by atoms with Crippen LogP contribution in [0.5, 0.6) is 5.75 Å². The fraction of sp³-hybridized carbons (Fsp3) is 0.533. The van der Waals surface area contributed by atoms with Crippen LogP contribution in [0.25, 0.3) is 0 Å². The third-order valence-corrected chi connectivity index (χ3v) is 6.01. The van der Waals surface area contributed by atoms with Crippen molar-refractivity contribution in [1.82, 2.24) is 5.48 Å². The molecule has 0 saturated carbocycles. The lowest BCUT2D eigenvalue weighted by Gasteiger charge is -2.18. The van der Waals surface area contributed by atoms with Gasteiger partial charge in [-0.25, -0.2) is 0 Å². The quantitative estimate of drug-likeness (QED) is 0.135. The first kappa shape index (κ1) is 26.2. The van der Waals surface area contributed by atoms with Crippen LogP contribution in [-0.4, -0.2) is 6.04 Å². The number of allylic oxidation sites excluding steroid dienone is 2. The maximum atomic E-state index is 5.87. The molecule has 0 bridgehead atoms. The zero-order valence-corrected chi connectivity index (χ0v) is 20.3. The highest BCUT2D eigenvalue weighted by Crippen LogP contribution is 2.14. The number of hydrogen-bond acceptors (Lipinski definition) is 2. The van der Waals surface area contributed by atoms with Crippen LogP contribution in [0.2, 0.25) is 0 Å². The molecule has 2 rings (SSSR count). The minimum Gasteiger partial charge on any atom is -0.408 e. The maximum Gasteiger partial charge on any atom is 0.147 e. The monoisotopic (exact) mass is 435 g/mol. The third-order valence-electron chi connectivity index (χ3n) is 6.01. The molecule has 0 spiro atoms. The van der Waals surface area contributed by atoms with E-state index in [0.717, 1.165) is 25.0 Å². The van der Waals surface area contributed by atoms with Gasteiger partial charge in [0.2, 0.25) is 0 Å². The van der Waals surface area contributed by atoms with Gasteiger partial charge in [-0.3, -0.25) is 0 Å². The number of nitrogens with one attached hydrogen (secondary N) is 1. The predicted molar refractivity (Wildman–Crippen MR) is 139 cm³/mol. The van der Waals surface area contributed by atoms with Gasteiger partial charge in [-0.05, 0) is 69.1 Å². The average Bonchev–Trinajstić information content (AvgIpc) is 2.84. The van der Waals surface area contributed by atoms with Gasteiger partial charge in [0.25, 0.3) is 0 Å². The van der Waals surface area contributed by atoms with Crippen molar-refractivity contribution < 1.29 is 4.84 Å². The summed E-state index contributed by atoms with van der Waals surface area (Å²) in [7, 11) is 0. The number of rotatable bonds is 19. The zero-order chi connectivity index (χ0) is 22.5. The molecule has 0 fully saturated rings. The molecule has 0 radical (unpaired) electrons. The van der Waals surface area contributed by atoms with E-state index >= 15 is 0 Å². The maximum absolute atomic E-state index is 5.87. The molecule has 0 saturated heterocycles. The summed E-state index contributed by atoms with van der Waals surface area (Å²) in [5, 5.41) is 0. The normalized spacial score (nSPS) is 12.3. The molecular weight excluding hydrogens is 390 g/mol. The summed E-state index contributed by atoms with van der Waals surface area (Å²) >= 11 is 0. The van der Waals surface area contributed by atoms with Crippen LogP contribution in [-0.2, 0) is 6.42 Å². The van der Waals surface area contributed by atoms with Crippen molar-refractivity contribution in [2.24, 2.45) is 0 Å². The first-order chi connectivity index (χ1) is 15.9. The molecule has 32 heavy (non-hydrogen) atoms. The number of benzene rings is 2. The van der Waals surface area contributed by atoms with E-state index in [1.807, 2.05) is 30.3 Å². The van der Waals surface area contributed by atoms with Crippen molar-refractivity contribution in [3.05, 3.63) is 78.4 Å². The number of unbranched alkanes of at least 4 members (excludes halogenated alkanes) is 8. The molecule has 2 aromatic carbocycles. The van der Waals surface area contributed by atoms with Gasteiger partial charge in [-0.1, -0.05) is 106 Å². The zero-order valence-electron chi connectivity index (χ0n) is 20.3. The van der Waals surface area contributed by atoms with Crippen LogP contribution in [0.15, 0.2) is 72.8 Å². The Kier molecular flexibility index (Phi) is 15.1. The smallest absolute Gasteiger partial charge is 0.147 e. The van der Waals surface area contributed by atoms with Crippen molar-refractivity contribution in [2.75, 3.05) is 0 Å². The van der Waals surface area contributed by atoms with E-state index < -0.39 is 0 Å². The van der Waals surface area contributed by atoms with Gasteiger partial charge in [0.15, 0.2) is 0 Å². The lowest BCUT2D eigenvalue weighted by molar-refractivity contribution is 0.142. The molecule has 0 aliphatic heterocycles.